The minimum absolute atomic E-state index is 0.365. The highest BCUT2D eigenvalue weighted by Crippen LogP contribution is 2.29. The molecule has 0 spiro atoms. The molecule has 2 heteroatoms. The molecule has 2 nitrogen and oxygen atoms in total. The van der Waals surface area contributed by atoms with Crippen LogP contribution in [-0.2, 0) is 0 Å². The first-order chi connectivity index (χ1) is 6.24. The Morgan fingerprint density at radius 1 is 1.38 bits per heavy atom. The van der Waals surface area contributed by atoms with Gasteiger partial charge in [-0.05, 0) is 31.2 Å². The molecule has 0 saturated heterocycles. The van der Waals surface area contributed by atoms with E-state index in [1.54, 1.807) is 0 Å². The topological polar surface area (TPSA) is 32.3 Å². The van der Waals surface area contributed by atoms with Crippen molar-refractivity contribution in [3.63, 3.8) is 0 Å². The first kappa shape index (κ1) is 11.0. The van der Waals surface area contributed by atoms with E-state index in [1.807, 2.05) is 0 Å². The third-order valence-electron chi connectivity index (χ3n) is 2.77. The van der Waals surface area contributed by atoms with E-state index in [4.69, 9.17) is 5.11 Å². The van der Waals surface area contributed by atoms with Crippen molar-refractivity contribution in [2.24, 2.45) is 11.8 Å². The zero-order valence-electron chi connectivity index (χ0n) is 8.92. The smallest absolute Gasteiger partial charge is 0.0474 e. The largest absolute Gasteiger partial charge is 0.396 e. The van der Waals surface area contributed by atoms with Gasteiger partial charge in [-0.2, -0.15) is 0 Å². The maximum absolute atomic E-state index is 8.81. The predicted octanol–water partition coefficient (Wildman–Crippen LogP) is 1.78. The van der Waals surface area contributed by atoms with Crippen LogP contribution in [0.4, 0.5) is 0 Å². The summed E-state index contributed by atoms with van der Waals surface area (Å²) >= 11 is 0. The van der Waals surface area contributed by atoms with Gasteiger partial charge >= 0.3 is 0 Å². The van der Waals surface area contributed by atoms with E-state index in [0.717, 1.165) is 12.5 Å². The fourth-order valence-corrected chi connectivity index (χ4v) is 1.66. The van der Waals surface area contributed by atoms with Gasteiger partial charge < -0.3 is 10.4 Å². The molecule has 0 aromatic heterocycles. The Morgan fingerprint density at radius 2 is 2.15 bits per heavy atom. The number of aliphatic hydroxyl groups is 1. The van der Waals surface area contributed by atoms with Crippen molar-refractivity contribution in [2.75, 3.05) is 13.2 Å². The molecular weight excluding hydrogens is 162 g/mol. The lowest BCUT2D eigenvalue weighted by Crippen LogP contribution is -2.20. The van der Waals surface area contributed by atoms with Crippen LogP contribution in [0.15, 0.2) is 0 Å². The Bertz CT molecular complexity index is 136. The van der Waals surface area contributed by atoms with Gasteiger partial charge in [0, 0.05) is 12.6 Å². The van der Waals surface area contributed by atoms with Crippen molar-refractivity contribution in [3.05, 3.63) is 0 Å². The van der Waals surface area contributed by atoms with E-state index >= 15 is 0 Å². The Labute approximate surface area is 81.7 Å². The monoisotopic (exact) mass is 185 g/mol. The molecule has 1 aliphatic rings. The van der Waals surface area contributed by atoms with Gasteiger partial charge in [0.25, 0.3) is 0 Å². The molecule has 2 N–H and O–H groups in total. The molecule has 0 amide bonds. The van der Waals surface area contributed by atoms with Crippen molar-refractivity contribution in [1.29, 1.82) is 0 Å². The fourth-order valence-electron chi connectivity index (χ4n) is 1.66. The highest BCUT2D eigenvalue weighted by molar-refractivity contribution is 4.92. The molecule has 0 aliphatic heterocycles. The van der Waals surface area contributed by atoms with Crippen molar-refractivity contribution in [2.45, 2.75) is 45.6 Å². The van der Waals surface area contributed by atoms with Crippen LogP contribution in [0, 0.1) is 11.8 Å². The molecule has 2 atom stereocenters. The molecular formula is C11H23NO. The molecule has 0 radical (unpaired) electrons. The van der Waals surface area contributed by atoms with Crippen molar-refractivity contribution in [3.8, 4) is 0 Å². The normalized spacial score (nSPS) is 26.8. The van der Waals surface area contributed by atoms with Crippen LogP contribution in [0.25, 0.3) is 0 Å². The number of unbranched alkanes of at least 4 members (excludes halogenated alkanes) is 1. The molecule has 0 aromatic carbocycles. The number of rotatable bonds is 7. The average Bonchev–Trinajstić information content (AvgIpc) is 2.82. The van der Waals surface area contributed by atoms with Crippen LogP contribution in [0.2, 0.25) is 0 Å². The second kappa shape index (κ2) is 5.61. The fraction of sp³-hybridized carbons (Fsp3) is 1.00. The van der Waals surface area contributed by atoms with E-state index in [0.29, 0.717) is 18.6 Å². The summed E-state index contributed by atoms with van der Waals surface area (Å²) in [5.74, 6) is 1.40. The number of nitrogens with one attached hydrogen (secondary N) is 1. The summed E-state index contributed by atoms with van der Waals surface area (Å²) in [7, 11) is 0. The highest BCUT2D eigenvalue weighted by Gasteiger charge is 2.35. The van der Waals surface area contributed by atoms with Crippen LogP contribution in [0.3, 0.4) is 0 Å². The molecule has 1 rings (SSSR count). The second-order valence-corrected chi connectivity index (χ2v) is 4.63. The average molecular weight is 185 g/mol. The summed E-state index contributed by atoms with van der Waals surface area (Å²) in [6, 6.07) is 0.629. The van der Waals surface area contributed by atoms with Crippen LogP contribution in [0.1, 0.15) is 39.5 Å². The van der Waals surface area contributed by atoms with Gasteiger partial charge in [0.15, 0.2) is 0 Å². The van der Waals surface area contributed by atoms with Gasteiger partial charge in [-0.1, -0.05) is 26.7 Å². The first-order valence-corrected chi connectivity index (χ1v) is 5.58. The summed E-state index contributed by atoms with van der Waals surface area (Å²) in [5, 5.41) is 12.3. The van der Waals surface area contributed by atoms with E-state index in [1.165, 1.54) is 25.7 Å². The van der Waals surface area contributed by atoms with E-state index in [9.17, 15) is 0 Å². The number of aliphatic hydroxyl groups excluding tert-OH is 1. The summed E-state index contributed by atoms with van der Waals surface area (Å²) < 4.78 is 0. The Balaban J connectivity index is 1.80. The molecule has 13 heavy (non-hydrogen) atoms. The van der Waals surface area contributed by atoms with Crippen LogP contribution >= 0.6 is 0 Å². The van der Waals surface area contributed by atoms with Gasteiger partial charge in [0.05, 0.1) is 0 Å². The third-order valence-corrected chi connectivity index (χ3v) is 2.77. The molecule has 0 bridgehead atoms. The minimum atomic E-state index is 0.365. The molecule has 0 aromatic rings. The van der Waals surface area contributed by atoms with Gasteiger partial charge in [0.2, 0.25) is 0 Å². The maximum atomic E-state index is 8.81. The minimum Gasteiger partial charge on any atom is -0.396 e. The van der Waals surface area contributed by atoms with Gasteiger partial charge in [-0.25, -0.2) is 0 Å². The Morgan fingerprint density at radius 3 is 2.69 bits per heavy atom. The predicted molar refractivity (Wildman–Crippen MR) is 55.7 cm³/mol. The van der Waals surface area contributed by atoms with Crippen LogP contribution in [-0.4, -0.2) is 24.3 Å². The SMILES string of the molecule is CC(C)CCCCNC1C[C@@H]1CO. The molecule has 1 fully saturated rings. The van der Waals surface area contributed by atoms with Crippen molar-refractivity contribution in [1.82, 2.24) is 5.32 Å². The standard InChI is InChI=1S/C11H23NO/c1-9(2)5-3-4-6-12-11-7-10(11)8-13/h9-13H,3-8H2,1-2H3/t10-,11?/m1/s1. The zero-order valence-corrected chi connectivity index (χ0v) is 8.92. The van der Waals surface area contributed by atoms with E-state index in [2.05, 4.69) is 19.2 Å². The number of hydrogen-bond acceptors (Lipinski definition) is 2. The molecule has 1 saturated carbocycles. The van der Waals surface area contributed by atoms with Gasteiger partial charge in [-0.15, -0.1) is 0 Å². The van der Waals surface area contributed by atoms with Crippen molar-refractivity contribution >= 4 is 0 Å². The van der Waals surface area contributed by atoms with Gasteiger partial charge in [0.1, 0.15) is 0 Å². The Hall–Kier alpha value is -0.0800. The molecule has 78 valence electrons. The Kier molecular flexibility index (Phi) is 4.74. The number of hydrogen-bond donors (Lipinski definition) is 2. The molecule has 1 unspecified atom stereocenters. The maximum Gasteiger partial charge on any atom is 0.0474 e. The lowest BCUT2D eigenvalue weighted by molar-refractivity contribution is 0.270. The molecule has 1 aliphatic carbocycles. The third kappa shape index (κ3) is 4.63. The van der Waals surface area contributed by atoms with Crippen LogP contribution in [0.5, 0.6) is 0 Å². The van der Waals surface area contributed by atoms with Gasteiger partial charge in [-0.3, -0.25) is 0 Å². The van der Waals surface area contributed by atoms with Crippen LogP contribution < -0.4 is 5.32 Å². The van der Waals surface area contributed by atoms with Crippen molar-refractivity contribution < 1.29 is 5.11 Å². The summed E-state index contributed by atoms with van der Waals surface area (Å²) in [6.45, 7) is 6.05. The molecule has 0 heterocycles. The summed E-state index contributed by atoms with van der Waals surface area (Å²) in [6.07, 6.45) is 5.14. The lowest BCUT2D eigenvalue weighted by atomic mass is 10.1. The van der Waals surface area contributed by atoms with E-state index < -0.39 is 0 Å². The van der Waals surface area contributed by atoms with E-state index in [-0.39, 0.29) is 0 Å². The lowest BCUT2D eigenvalue weighted by Gasteiger charge is -2.05. The quantitative estimate of drug-likeness (QED) is 0.593. The highest BCUT2D eigenvalue weighted by atomic mass is 16.3. The summed E-state index contributed by atoms with van der Waals surface area (Å²) in [4.78, 5) is 0. The first-order valence-electron chi connectivity index (χ1n) is 5.58. The second-order valence-electron chi connectivity index (χ2n) is 4.63. The summed E-state index contributed by atoms with van der Waals surface area (Å²) in [5.41, 5.74) is 0. The zero-order chi connectivity index (χ0) is 9.68.